The summed E-state index contributed by atoms with van der Waals surface area (Å²) in [6.45, 7) is 5.18. The molecule has 1 aliphatic heterocycles. The van der Waals surface area contributed by atoms with Gasteiger partial charge < -0.3 is 4.74 Å². The predicted octanol–water partition coefficient (Wildman–Crippen LogP) is 3.21. The highest BCUT2D eigenvalue weighted by Gasteiger charge is 2.31. The number of morpholine rings is 1. The Labute approximate surface area is 144 Å². The summed E-state index contributed by atoms with van der Waals surface area (Å²) in [5.74, 6) is 0.0418. The average Bonchev–Trinajstić information content (AvgIpc) is 2.57. The Bertz CT molecular complexity index is 817. The van der Waals surface area contributed by atoms with Gasteiger partial charge >= 0.3 is 0 Å². The molecule has 0 aromatic heterocycles. The third kappa shape index (κ3) is 3.69. The number of ether oxygens (including phenoxy) is 1. The highest BCUT2D eigenvalue weighted by molar-refractivity contribution is 7.88. The minimum Gasteiger partial charge on any atom is -0.371 e. The maximum atomic E-state index is 12.8. The van der Waals surface area contributed by atoms with Crippen LogP contribution in [0.3, 0.4) is 0 Å². The molecule has 0 spiro atoms. The molecule has 3 rings (SSSR count). The van der Waals surface area contributed by atoms with E-state index in [0.29, 0.717) is 19.7 Å². The van der Waals surface area contributed by atoms with Crippen molar-refractivity contribution in [2.24, 2.45) is 0 Å². The van der Waals surface area contributed by atoms with Crippen molar-refractivity contribution in [2.45, 2.75) is 25.7 Å². The SMILES string of the molecule is Cc1ccccc1CS(=O)(=O)N1CCOC(c2ccccc2C)C1. The van der Waals surface area contributed by atoms with Gasteiger partial charge in [-0.25, -0.2) is 8.42 Å². The molecule has 4 nitrogen and oxygen atoms in total. The van der Waals surface area contributed by atoms with Crippen LogP contribution in [-0.4, -0.2) is 32.4 Å². The average molecular weight is 345 g/mol. The predicted molar refractivity (Wildman–Crippen MR) is 95.2 cm³/mol. The summed E-state index contributed by atoms with van der Waals surface area (Å²) in [7, 11) is -3.36. The lowest BCUT2D eigenvalue weighted by molar-refractivity contribution is -0.00293. The first-order chi connectivity index (χ1) is 11.5. The Morgan fingerprint density at radius 3 is 2.42 bits per heavy atom. The first-order valence-corrected chi connectivity index (χ1v) is 9.78. The molecule has 1 unspecified atom stereocenters. The summed E-state index contributed by atoms with van der Waals surface area (Å²) in [6, 6.07) is 15.6. The molecule has 5 heteroatoms. The molecule has 0 bridgehead atoms. The normalized spacial score (nSPS) is 19.3. The molecule has 1 heterocycles. The largest absolute Gasteiger partial charge is 0.371 e. The maximum absolute atomic E-state index is 12.8. The lowest BCUT2D eigenvalue weighted by Gasteiger charge is -2.33. The smallest absolute Gasteiger partial charge is 0.218 e. The van der Waals surface area contributed by atoms with Crippen LogP contribution >= 0.6 is 0 Å². The van der Waals surface area contributed by atoms with Crippen LogP contribution in [0.25, 0.3) is 0 Å². The number of nitrogens with zero attached hydrogens (tertiary/aromatic N) is 1. The fourth-order valence-electron chi connectivity index (χ4n) is 3.07. The van der Waals surface area contributed by atoms with Gasteiger partial charge in [-0.2, -0.15) is 4.31 Å². The number of rotatable bonds is 4. The first kappa shape index (κ1) is 17.1. The Hall–Kier alpha value is -1.69. The van der Waals surface area contributed by atoms with E-state index in [0.717, 1.165) is 22.3 Å². The van der Waals surface area contributed by atoms with E-state index < -0.39 is 10.0 Å². The summed E-state index contributed by atoms with van der Waals surface area (Å²) >= 11 is 0. The molecule has 1 aliphatic rings. The van der Waals surface area contributed by atoms with Gasteiger partial charge in [0.2, 0.25) is 10.0 Å². The van der Waals surface area contributed by atoms with Gasteiger partial charge in [0.25, 0.3) is 0 Å². The monoisotopic (exact) mass is 345 g/mol. The van der Waals surface area contributed by atoms with Crippen LogP contribution in [0.15, 0.2) is 48.5 Å². The van der Waals surface area contributed by atoms with Gasteiger partial charge in [-0.15, -0.1) is 0 Å². The quantitative estimate of drug-likeness (QED) is 0.855. The molecule has 0 amide bonds. The second-order valence-corrected chi connectivity index (χ2v) is 8.23. The Balaban J connectivity index is 1.79. The van der Waals surface area contributed by atoms with E-state index in [1.807, 2.05) is 62.4 Å². The molecule has 128 valence electrons. The van der Waals surface area contributed by atoms with Crippen molar-refractivity contribution in [1.82, 2.24) is 4.31 Å². The molecular formula is C19H23NO3S. The lowest BCUT2D eigenvalue weighted by Crippen LogP contribution is -2.42. The zero-order valence-electron chi connectivity index (χ0n) is 14.1. The van der Waals surface area contributed by atoms with Gasteiger partial charge in [-0.1, -0.05) is 48.5 Å². The minimum atomic E-state index is -3.36. The van der Waals surface area contributed by atoms with Crippen LogP contribution in [0, 0.1) is 13.8 Å². The maximum Gasteiger partial charge on any atom is 0.218 e. The zero-order valence-corrected chi connectivity index (χ0v) is 14.9. The second kappa shape index (κ2) is 7.05. The number of benzene rings is 2. The van der Waals surface area contributed by atoms with E-state index in [1.165, 1.54) is 0 Å². The van der Waals surface area contributed by atoms with Gasteiger partial charge in [0.15, 0.2) is 0 Å². The summed E-state index contributed by atoms with van der Waals surface area (Å²) in [5.41, 5.74) is 4.05. The van der Waals surface area contributed by atoms with Crippen molar-refractivity contribution in [3.8, 4) is 0 Å². The summed E-state index contributed by atoms with van der Waals surface area (Å²) in [6.07, 6.45) is -0.202. The molecule has 0 saturated carbocycles. The van der Waals surface area contributed by atoms with E-state index in [2.05, 4.69) is 0 Å². The second-order valence-electron chi connectivity index (χ2n) is 6.26. The Kier molecular flexibility index (Phi) is 5.04. The van der Waals surface area contributed by atoms with Gasteiger partial charge in [-0.3, -0.25) is 0 Å². The topological polar surface area (TPSA) is 46.6 Å². The summed E-state index contributed by atoms with van der Waals surface area (Å²) in [5, 5.41) is 0. The fourth-order valence-corrected chi connectivity index (χ4v) is 4.69. The van der Waals surface area contributed by atoms with Crippen LogP contribution in [0.1, 0.15) is 28.4 Å². The van der Waals surface area contributed by atoms with Crippen LogP contribution in [0.4, 0.5) is 0 Å². The number of aryl methyl sites for hydroxylation is 2. The Morgan fingerprint density at radius 2 is 1.71 bits per heavy atom. The molecule has 2 aromatic carbocycles. The van der Waals surface area contributed by atoms with Crippen molar-refractivity contribution >= 4 is 10.0 Å². The van der Waals surface area contributed by atoms with Gasteiger partial charge in [0.05, 0.1) is 18.5 Å². The van der Waals surface area contributed by atoms with Crippen LogP contribution in [0.2, 0.25) is 0 Å². The van der Waals surface area contributed by atoms with E-state index in [-0.39, 0.29) is 11.9 Å². The van der Waals surface area contributed by atoms with Crippen molar-refractivity contribution in [2.75, 3.05) is 19.7 Å². The highest BCUT2D eigenvalue weighted by Crippen LogP contribution is 2.27. The molecule has 1 fully saturated rings. The van der Waals surface area contributed by atoms with E-state index in [4.69, 9.17) is 4.74 Å². The summed E-state index contributed by atoms with van der Waals surface area (Å²) < 4.78 is 33.1. The van der Waals surface area contributed by atoms with E-state index in [1.54, 1.807) is 4.31 Å². The first-order valence-electron chi connectivity index (χ1n) is 8.17. The molecule has 24 heavy (non-hydrogen) atoms. The van der Waals surface area contributed by atoms with Crippen molar-refractivity contribution < 1.29 is 13.2 Å². The van der Waals surface area contributed by atoms with Crippen molar-refractivity contribution in [3.05, 3.63) is 70.8 Å². The van der Waals surface area contributed by atoms with E-state index >= 15 is 0 Å². The fraction of sp³-hybridized carbons (Fsp3) is 0.368. The summed E-state index contributed by atoms with van der Waals surface area (Å²) in [4.78, 5) is 0. The van der Waals surface area contributed by atoms with Crippen molar-refractivity contribution in [1.29, 1.82) is 0 Å². The van der Waals surface area contributed by atoms with Crippen LogP contribution < -0.4 is 0 Å². The molecular weight excluding hydrogens is 322 g/mol. The zero-order chi connectivity index (χ0) is 17.2. The number of hydrogen-bond acceptors (Lipinski definition) is 3. The minimum absolute atomic E-state index is 0.0418. The van der Waals surface area contributed by atoms with Gasteiger partial charge in [-0.05, 0) is 36.1 Å². The highest BCUT2D eigenvalue weighted by atomic mass is 32.2. The third-order valence-corrected chi connectivity index (χ3v) is 6.35. The molecule has 1 saturated heterocycles. The third-order valence-electron chi connectivity index (χ3n) is 4.56. The molecule has 2 aromatic rings. The molecule has 1 atom stereocenters. The van der Waals surface area contributed by atoms with Gasteiger partial charge in [0, 0.05) is 13.1 Å². The van der Waals surface area contributed by atoms with Crippen molar-refractivity contribution in [3.63, 3.8) is 0 Å². The molecule has 0 radical (unpaired) electrons. The Morgan fingerprint density at radius 1 is 1.04 bits per heavy atom. The van der Waals surface area contributed by atoms with Crippen LogP contribution in [-0.2, 0) is 20.5 Å². The molecule has 0 aliphatic carbocycles. The lowest BCUT2D eigenvalue weighted by atomic mass is 10.0. The van der Waals surface area contributed by atoms with Crippen LogP contribution in [0.5, 0.6) is 0 Å². The van der Waals surface area contributed by atoms with E-state index in [9.17, 15) is 8.42 Å². The number of sulfonamides is 1. The number of hydrogen-bond donors (Lipinski definition) is 0. The van der Waals surface area contributed by atoms with Gasteiger partial charge in [0.1, 0.15) is 0 Å². The standard InChI is InChI=1S/C19H23NO3S/c1-15-7-3-5-9-17(15)14-24(21,22)20-11-12-23-19(13-20)18-10-6-4-8-16(18)2/h3-10,19H,11-14H2,1-2H3. The molecule has 0 N–H and O–H groups in total.